The first-order valence-corrected chi connectivity index (χ1v) is 7.13. The first-order chi connectivity index (χ1) is 11.5. The monoisotopic (exact) mass is 332 g/mol. The number of hydrogen-bond acceptors (Lipinski definition) is 7. The highest BCUT2D eigenvalue weighted by atomic mass is 16.5. The van der Waals surface area contributed by atoms with Crippen molar-refractivity contribution in [2.24, 2.45) is 0 Å². The summed E-state index contributed by atoms with van der Waals surface area (Å²) in [5.41, 5.74) is 0.575. The van der Waals surface area contributed by atoms with E-state index in [0.717, 1.165) is 0 Å². The van der Waals surface area contributed by atoms with Crippen molar-refractivity contribution in [1.82, 2.24) is 0 Å². The van der Waals surface area contributed by atoms with Gasteiger partial charge in [0.25, 0.3) is 0 Å². The zero-order valence-corrected chi connectivity index (χ0v) is 13.0. The number of aliphatic hydroxyl groups excluding tert-OH is 1. The van der Waals surface area contributed by atoms with Crippen LogP contribution in [0.25, 0.3) is 0 Å². The van der Waals surface area contributed by atoms with Gasteiger partial charge in [-0.1, -0.05) is 0 Å². The number of phenols is 2. The number of carbonyl (C=O) groups is 1. The molecule has 0 aliphatic carbocycles. The molecule has 0 aromatic heterocycles. The summed E-state index contributed by atoms with van der Waals surface area (Å²) in [7, 11) is 2.74. The number of hydrogen-bond donors (Lipinski definition) is 3. The van der Waals surface area contributed by atoms with Gasteiger partial charge in [0.15, 0.2) is 29.5 Å². The van der Waals surface area contributed by atoms with Crippen LogP contribution >= 0.6 is 0 Å². The van der Waals surface area contributed by atoms with Gasteiger partial charge in [-0.3, -0.25) is 4.79 Å². The topological polar surface area (TPSA) is 105 Å². The van der Waals surface area contributed by atoms with E-state index in [1.54, 1.807) is 0 Å². The number of ketones is 1. The van der Waals surface area contributed by atoms with Gasteiger partial charge < -0.3 is 29.5 Å². The smallest absolute Gasteiger partial charge is 0.200 e. The molecule has 2 aromatic rings. The molecule has 1 heterocycles. The fourth-order valence-corrected chi connectivity index (χ4v) is 2.64. The summed E-state index contributed by atoms with van der Waals surface area (Å²) in [5, 5.41) is 29.9. The Bertz CT molecular complexity index is 775. The van der Waals surface area contributed by atoms with E-state index in [1.165, 1.54) is 44.6 Å². The molecule has 1 aliphatic heterocycles. The third kappa shape index (κ3) is 2.48. The van der Waals surface area contributed by atoms with E-state index in [1.807, 2.05) is 0 Å². The van der Waals surface area contributed by atoms with Gasteiger partial charge in [0, 0.05) is 11.6 Å². The molecule has 0 saturated carbocycles. The number of benzene rings is 2. The Labute approximate surface area is 137 Å². The van der Waals surface area contributed by atoms with Crippen molar-refractivity contribution in [2.45, 2.75) is 12.2 Å². The number of rotatable bonds is 3. The van der Waals surface area contributed by atoms with E-state index in [0.29, 0.717) is 5.56 Å². The molecular weight excluding hydrogens is 316 g/mol. The SMILES string of the molecule is COc1cc([C@H]2Oc3cc(O)ccc3C(=O)[C@@H]2O)cc(OC)c1O. The van der Waals surface area contributed by atoms with E-state index in [-0.39, 0.29) is 34.3 Å². The first kappa shape index (κ1) is 15.9. The van der Waals surface area contributed by atoms with Crippen LogP contribution in [0.1, 0.15) is 22.0 Å². The molecule has 7 heteroatoms. The van der Waals surface area contributed by atoms with Gasteiger partial charge in [-0.05, 0) is 24.3 Å². The van der Waals surface area contributed by atoms with Crippen molar-refractivity contribution < 1.29 is 34.3 Å². The lowest BCUT2D eigenvalue weighted by Gasteiger charge is -2.30. The quantitative estimate of drug-likeness (QED) is 0.787. The minimum atomic E-state index is -1.44. The minimum absolute atomic E-state index is 0.0578. The molecule has 0 amide bonds. The van der Waals surface area contributed by atoms with Crippen molar-refractivity contribution in [3.63, 3.8) is 0 Å². The van der Waals surface area contributed by atoms with Gasteiger partial charge in [0.1, 0.15) is 11.5 Å². The molecule has 24 heavy (non-hydrogen) atoms. The third-order valence-corrected chi connectivity index (χ3v) is 3.87. The molecule has 0 saturated heterocycles. The third-order valence-electron chi connectivity index (χ3n) is 3.87. The molecule has 3 rings (SSSR count). The van der Waals surface area contributed by atoms with Crippen LogP contribution in [0, 0.1) is 0 Å². The number of aromatic hydroxyl groups is 2. The van der Waals surface area contributed by atoms with E-state index in [2.05, 4.69) is 0 Å². The van der Waals surface area contributed by atoms with Gasteiger partial charge in [-0.25, -0.2) is 0 Å². The van der Waals surface area contributed by atoms with E-state index < -0.39 is 18.0 Å². The number of carbonyl (C=O) groups excluding carboxylic acids is 1. The summed E-state index contributed by atoms with van der Waals surface area (Å²) >= 11 is 0. The maximum Gasteiger partial charge on any atom is 0.200 e. The summed E-state index contributed by atoms with van der Waals surface area (Å²) in [6.07, 6.45) is -2.48. The van der Waals surface area contributed by atoms with E-state index in [9.17, 15) is 20.1 Å². The zero-order valence-electron chi connectivity index (χ0n) is 13.0. The van der Waals surface area contributed by atoms with Crippen LogP contribution in [-0.4, -0.2) is 41.4 Å². The number of phenolic OH excluding ortho intramolecular Hbond substituents is 2. The fourth-order valence-electron chi connectivity index (χ4n) is 2.64. The molecule has 2 aromatic carbocycles. The van der Waals surface area contributed by atoms with Gasteiger partial charge in [-0.2, -0.15) is 0 Å². The second kappa shape index (κ2) is 5.93. The van der Waals surface area contributed by atoms with Crippen LogP contribution < -0.4 is 14.2 Å². The van der Waals surface area contributed by atoms with E-state index >= 15 is 0 Å². The Morgan fingerprint density at radius 2 is 1.67 bits per heavy atom. The number of ether oxygens (including phenoxy) is 3. The summed E-state index contributed by atoms with van der Waals surface area (Å²) in [4.78, 5) is 12.4. The largest absolute Gasteiger partial charge is 0.508 e. The van der Waals surface area contributed by atoms with Crippen LogP contribution in [0.3, 0.4) is 0 Å². The first-order valence-electron chi connectivity index (χ1n) is 7.13. The molecule has 0 bridgehead atoms. The number of Topliss-reactive ketones (excluding diaryl/α,β-unsaturated/α-hetero) is 1. The number of aliphatic hydroxyl groups is 1. The maximum atomic E-state index is 12.4. The lowest BCUT2D eigenvalue weighted by Crippen LogP contribution is -2.36. The molecule has 7 nitrogen and oxygen atoms in total. The van der Waals surface area contributed by atoms with Crippen LogP contribution in [0.15, 0.2) is 30.3 Å². The number of fused-ring (bicyclic) bond motifs is 1. The minimum Gasteiger partial charge on any atom is -0.508 e. The zero-order chi connectivity index (χ0) is 17.4. The van der Waals surface area contributed by atoms with Crippen molar-refractivity contribution in [3.8, 4) is 28.7 Å². The average Bonchev–Trinajstić information content (AvgIpc) is 2.58. The van der Waals surface area contributed by atoms with Crippen molar-refractivity contribution >= 4 is 5.78 Å². The molecule has 0 spiro atoms. The second-order valence-corrected chi connectivity index (χ2v) is 5.30. The maximum absolute atomic E-state index is 12.4. The van der Waals surface area contributed by atoms with Crippen LogP contribution in [0.2, 0.25) is 0 Å². The molecule has 3 N–H and O–H groups in total. The molecule has 0 radical (unpaired) electrons. The highest BCUT2D eigenvalue weighted by molar-refractivity contribution is 6.03. The summed E-state index contributed by atoms with van der Waals surface area (Å²) in [6, 6.07) is 6.95. The predicted octanol–water partition coefficient (Wildman–Crippen LogP) is 1.79. The van der Waals surface area contributed by atoms with E-state index in [4.69, 9.17) is 14.2 Å². The highest BCUT2D eigenvalue weighted by Gasteiger charge is 2.38. The molecule has 126 valence electrons. The Morgan fingerprint density at radius 3 is 2.25 bits per heavy atom. The Hall–Kier alpha value is -2.93. The molecule has 1 aliphatic rings. The lowest BCUT2D eigenvalue weighted by molar-refractivity contribution is 0.0214. The van der Waals surface area contributed by atoms with Gasteiger partial charge in [0.2, 0.25) is 5.75 Å². The van der Waals surface area contributed by atoms with Crippen LogP contribution in [-0.2, 0) is 0 Å². The summed E-state index contributed by atoms with van der Waals surface area (Å²) in [5.74, 6) is -0.367. The predicted molar refractivity (Wildman–Crippen MR) is 83.0 cm³/mol. The molecule has 2 atom stereocenters. The average molecular weight is 332 g/mol. The Morgan fingerprint density at radius 1 is 1.04 bits per heavy atom. The van der Waals surface area contributed by atoms with Crippen LogP contribution in [0.5, 0.6) is 28.7 Å². The summed E-state index contributed by atoms with van der Waals surface area (Å²) in [6.45, 7) is 0. The number of methoxy groups -OCH3 is 2. The highest BCUT2D eigenvalue weighted by Crippen LogP contribution is 2.43. The summed E-state index contributed by atoms with van der Waals surface area (Å²) < 4.78 is 15.9. The Balaban J connectivity index is 2.08. The van der Waals surface area contributed by atoms with Crippen molar-refractivity contribution in [3.05, 3.63) is 41.5 Å². The van der Waals surface area contributed by atoms with Crippen molar-refractivity contribution in [2.75, 3.05) is 14.2 Å². The van der Waals surface area contributed by atoms with Crippen LogP contribution in [0.4, 0.5) is 0 Å². The van der Waals surface area contributed by atoms with Gasteiger partial charge in [-0.15, -0.1) is 0 Å². The van der Waals surface area contributed by atoms with Gasteiger partial charge in [0.05, 0.1) is 19.8 Å². The second-order valence-electron chi connectivity index (χ2n) is 5.30. The normalized spacial score (nSPS) is 19.4. The fraction of sp³-hybridized carbons (Fsp3) is 0.235. The van der Waals surface area contributed by atoms with Crippen molar-refractivity contribution in [1.29, 1.82) is 0 Å². The molecule has 0 unspecified atom stereocenters. The Kier molecular flexibility index (Phi) is 3.94. The standard InChI is InChI=1S/C17H16O7/c1-22-12-5-8(6-13(23-2)15(12)20)17-16(21)14(19)10-4-3-9(18)7-11(10)24-17/h3-7,16-18,20-21H,1-2H3/t16-,17+/m0/s1. The molecule has 0 fully saturated rings. The molecular formula is C17H16O7. The van der Waals surface area contributed by atoms with Gasteiger partial charge >= 0.3 is 0 Å². The lowest BCUT2D eigenvalue weighted by atomic mass is 9.93.